The second kappa shape index (κ2) is 12.8. The van der Waals surface area contributed by atoms with Gasteiger partial charge in [0, 0.05) is 19.3 Å². The molecule has 0 aliphatic carbocycles. The van der Waals surface area contributed by atoms with Crippen molar-refractivity contribution in [2.75, 3.05) is 14.2 Å². The van der Waals surface area contributed by atoms with Crippen LogP contribution in [0, 0.1) is 0 Å². The molecule has 2 unspecified atom stereocenters. The predicted molar refractivity (Wildman–Crippen MR) is 130 cm³/mol. The second-order valence-corrected chi connectivity index (χ2v) is 7.94. The van der Waals surface area contributed by atoms with Gasteiger partial charge in [-0.3, -0.25) is 14.4 Å². The molecule has 0 saturated heterocycles. The van der Waals surface area contributed by atoms with E-state index in [-0.39, 0.29) is 40.9 Å². The number of carbonyl (C=O) groups excluding carboxylic acids is 3. The van der Waals surface area contributed by atoms with Crippen LogP contribution in [0.3, 0.4) is 0 Å². The fraction of sp³-hybridized carbons (Fsp3) is 0.250. The van der Waals surface area contributed by atoms with Crippen molar-refractivity contribution >= 4 is 53.2 Å². The molecule has 3 N–H and O–H groups in total. The second-order valence-electron chi connectivity index (χ2n) is 7.94. The Morgan fingerprint density at radius 2 is 1.79 bits per heavy atom. The Morgan fingerprint density at radius 3 is 2.42 bits per heavy atom. The maximum atomic E-state index is 12.7. The molecule has 3 rings (SSSR count). The van der Waals surface area contributed by atoms with Gasteiger partial charge in [0.05, 0.1) is 19.6 Å². The summed E-state index contributed by atoms with van der Waals surface area (Å²) in [5.41, 5.74) is 0.893. The van der Waals surface area contributed by atoms with Crippen molar-refractivity contribution in [3.63, 3.8) is 0 Å². The molecule has 1 aliphatic rings. The molecule has 198 valence electrons. The Hall–Kier alpha value is -3.55. The molecule has 0 bridgehead atoms. The van der Waals surface area contributed by atoms with E-state index in [9.17, 15) is 37.5 Å². The van der Waals surface area contributed by atoms with Gasteiger partial charge in [0.2, 0.25) is 0 Å². The van der Waals surface area contributed by atoms with Gasteiger partial charge in [-0.2, -0.15) is 0 Å². The van der Waals surface area contributed by atoms with Gasteiger partial charge in [-0.15, -0.1) is 13.2 Å². The molecule has 2 aromatic carbocycles. The number of urea groups is 1. The van der Waals surface area contributed by atoms with Crippen molar-refractivity contribution in [3.05, 3.63) is 60.3 Å². The topological polar surface area (TPSA) is 134 Å². The first kappa shape index (κ1) is 30.7. The van der Waals surface area contributed by atoms with Gasteiger partial charge < -0.3 is 30.1 Å². The Balaban J connectivity index is 0.00000507. The summed E-state index contributed by atoms with van der Waals surface area (Å²) in [5.74, 6) is -2.84. The summed E-state index contributed by atoms with van der Waals surface area (Å²) in [4.78, 5) is 49.6. The van der Waals surface area contributed by atoms with E-state index in [1.807, 2.05) is 0 Å². The zero-order chi connectivity index (χ0) is 27.3. The first-order chi connectivity index (χ1) is 17.4. The number of aliphatic carboxylic acids is 1. The standard InChI is InChI=1S/C24H22F3N3O7.Na.H/c1-30-7-6-19(31)21(22(30)34)29-23(35)28-18(12-20(32)33)15-8-14(10-17(11-15)36-2)13-4-3-5-16(9-13)37-24(25,26)27;;/h3-11,18,21H,12H2,1-2H3,(H,32,33)(H2,28,29,35);;. The van der Waals surface area contributed by atoms with E-state index in [0.29, 0.717) is 11.1 Å². The number of ketones is 1. The Bertz CT molecular complexity index is 1250. The van der Waals surface area contributed by atoms with Crippen molar-refractivity contribution in [1.82, 2.24) is 15.5 Å². The van der Waals surface area contributed by atoms with Crippen LogP contribution < -0.4 is 20.1 Å². The van der Waals surface area contributed by atoms with E-state index < -0.39 is 54.3 Å². The molecule has 10 nitrogen and oxygen atoms in total. The molecule has 0 aromatic heterocycles. The summed E-state index contributed by atoms with van der Waals surface area (Å²) in [7, 11) is 2.74. The first-order valence-electron chi connectivity index (χ1n) is 10.7. The fourth-order valence-electron chi connectivity index (χ4n) is 3.55. The maximum absolute atomic E-state index is 12.7. The Morgan fingerprint density at radius 1 is 1.11 bits per heavy atom. The third-order valence-corrected chi connectivity index (χ3v) is 5.27. The minimum absolute atomic E-state index is 0. The number of ether oxygens (including phenoxy) is 2. The van der Waals surface area contributed by atoms with Crippen LogP contribution >= 0.6 is 0 Å². The molecule has 38 heavy (non-hydrogen) atoms. The van der Waals surface area contributed by atoms with Gasteiger partial charge in [-0.25, -0.2) is 4.79 Å². The zero-order valence-electron chi connectivity index (χ0n) is 19.5. The van der Waals surface area contributed by atoms with Crippen LogP contribution in [-0.4, -0.2) is 89.8 Å². The third kappa shape index (κ3) is 8.23. The fourth-order valence-corrected chi connectivity index (χ4v) is 3.55. The molecule has 14 heteroatoms. The van der Waals surface area contributed by atoms with Crippen LogP contribution in [-0.2, 0) is 14.4 Å². The van der Waals surface area contributed by atoms with E-state index in [1.165, 1.54) is 50.7 Å². The number of hydrogen-bond acceptors (Lipinski definition) is 6. The summed E-state index contributed by atoms with van der Waals surface area (Å²) in [6.45, 7) is 0. The molecular weight excluding hydrogens is 522 g/mol. The molecular formula is C24H23F3N3NaO7. The number of carbonyl (C=O) groups is 4. The Labute approximate surface area is 237 Å². The molecule has 2 aromatic rings. The molecule has 1 heterocycles. The number of halogens is 3. The van der Waals surface area contributed by atoms with Crippen LogP contribution in [0.4, 0.5) is 18.0 Å². The molecule has 0 fully saturated rings. The van der Waals surface area contributed by atoms with Crippen LogP contribution in [0.2, 0.25) is 0 Å². The van der Waals surface area contributed by atoms with Crippen LogP contribution in [0.1, 0.15) is 18.0 Å². The summed E-state index contributed by atoms with van der Waals surface area (Å²) in [5, 5.41) is 14.1. The first-order valence-corrected chi connectivity index (χ1v) is 10.7. The van der Waals surface area contributed by atoms with E-state index in [1.54, 1.807) is 0 Å². The predicted octanol–water partition coefficient (Wildman–Crippen LogP) is 2.35. The molecule has 0 radical (unpaired) electrons. The van der Waals surface area contributed by atoms with Gasteiger partial charge >= 0.3 is 47.9 Å². The minimum atomic E-state index is -4.90. The van der Waals surface area contributed by atoms with Crippen LogP contribution in [0.15, 0.2) is 54.7 Å². The van der Waals surface area contributed by atoms with Crippen molar-refractivity contribution in [2.24, 2.45) is 0 Å². The number of rotatable bonds is 8. The van der Waals surface area contributed by atoms with Gasteiger partial charge in [0.1, 0.15) is 11.5 Å². The number of benzene rings is 2. The molecule has 0 saturated carbocycles. The van der Waals surface area contributed by atoms with Crippen LogP contribution in [0.5, 0.6) is 11.5 Å². The average Bonchev–Trinajstić information content (AvgIpc) is 2.82. The number of hydrogen-bond donors (Lipinski definition) is 3. The van der Waals surface area contributed by atoms with E-state index in [0.717, 1.165) is 23.1 Å². The molecule has 0 spiro atoms. The average molecular weight is 545 g/mol. The number of carboxylic acid groups (broad SMARTS) is 1. The number of amides is 3. The van der Waals surface area contributed by atoms with Crippen molar-refractivity contribution < 1.29 is 46.9 Å². The van der Waals surface area contributed by atoms with Crippen LogP contribution in [0.25, 0.3) is 11.1 Å². The molecule has 2 atom stereocenters. The van der Waals surface area contributed by atoms with Gasteiger partial charge in [-0.1, -0.05) is 12.1 Å². The van der Waals surface area contributed by atoms with Crippen molar-refractivity contribution in [1.29, 1.82) is 0 Å². The number of likely N-dealkylation sites (N-methyl/N-ethyl adjacent to an activating group) is 1. The summed E-state index contributed by atoms with van der Waals surface area (Å²) in [6.07, 6.45) is -3.12. The van der Waals surface area contributed by atoms with Gasteiger partial charge in [0.15, 0.2) is 11.8 Å². The SMILES string of the molecule is COc1cc(-c2cccc(OC(F)(F)F)c2)cc(C(CC(=O)O)NC(=O)NC2C(=O)C=CN(C)C2=O)c1.[NaH]. The van der Waals surface area contributed by atoms with Gasteiger partial charge in [0.25, 0.3) is 5.91 Å². The molecule has 3 amide bonds. The monoisotopic (exact) mass is 545 g/mol. The quantitative estimate of drug-likeness (QED) is 0.343. The summed E-state index contributed by atoms with van der Waals surface area (Å²) < 4.78 is 47.2. The van der Waals surface area contributed by atoms with Gasteiger partial charge in [-0.05, 0) is 47.0 Å². The van der Waals surface area contributed by atoms with E-state index in [2.05, 4.69) is 15.4 Å². The summed E-state index contributed by atoms with van der Waals surface area (Å²) in [6, 6.07) is 5.92. The number of methoxy groups -OCH3 is 1. The number of carboxylic acids is 1. The Kier molecular flexibility index (Phi) is 10.3. The zero-order valence-corrected chi connectivity index (χ0v) is 19.5. The normalized spacial score (nSPS) is 15.8. The number of alkyl halides is 3. The number of nitrogens with zero attached hydrogens (tertiary/aromatic N) is 1. The molecule has 1 aliphatic heterocycles. The number of nitrogens with one attached hydrogen (secondary N) is 2. The van der Waals surface area contributed by atoms with Crippen molar-refractivity contribution in [2.45, 2.75) is 24.9 Å². The summed E-state index contributed by atoms with van der Waals surface area (Å²) >= 11 is 0. The van der Waals surface area contributed by atoms with E-state index in [4.69, 9.17) is 4.74 Å². The third-order valence-electron chi connectivity index (χ3n) is 5.27. The van der Waals surface area contributed by atoms with Crippen molar-refractivity contribution in [3.8, 4) is 22.6 Å². The van der Waals surface area contributed by atoms with E-state index >= 15 is 0 Å².